The summed E-state index contributed by atoms with van der Waals surface area (Å²) in [6, 6.07) is 1.89. The van der Waals surface area contributed by atoms with Gasteiger partial charge in [-0.05, 0) is 13.0 Å². The van der Waals surface area contributed by atoms with E-state index in [0.29, 0.717) is 0 Å². The molecular weight excluding hydrogens is 299 g/mol. The van der Waals surface area contributed by atoms with Crippen molar-refractivity contribution in [3.8, 4) is 11.8 Å². The quantitative estimate of drug-likeness (QED) is 0.514. The summed E-state index contributed by atoms with van der Waals surface area (Å²) in [6.07, 6.45) is 2.81. The van der Waals surface area contributed by atoms with Crippen LogP contribution in [0.15, 0.2) is 48.0 Å². The highest BCUT2D eigenvalue weighted by atomic mass is 19.4. The monoisotopic (exact) mass is 311 g/mol. The average molecular weight is 311 g/mol. The molecule has 8 heteroatoms. The Hall–Kier alpha value is -2.66. The molecule has 0 saturated heterocycles. The normalized spacial score (nSPS) is 13.3. The van der Waals surface area contributed by atoms with Crippen LogP contribution in [0.3, 0.4) is 0 Å². The molecule has 1 aromatic rings. The molecule has 0 aliphatic heterocycles. The van der Waals surface area contributed by atoms with Gasteiger partial charge in [-0.3, -0.25) is 0 Å². The molecule has 0 aromatic carbocycles. The van der Waals surface area contributed by atoms with Crippen LogP contribution in [0.1, 0.15) is 12.7 Å². The topological polar surface area (TPSA) is 79.0 Å². The van der Waals surface area contributed by atoms with Crippen molar-refractivity contribution in [2.45, 2.75) is 13.1 Å². The fraction of sp³-hybridized carbons (Fsp3) is 0.214. The van der Waals surface area contributed by atoms with E-state index in [4.69, 9.17) is 15.1 Å². The van der Waals surface area contributed by atoms with Crippen molar-refractivity contribution >= 4 is 0 Å². The van der Waals surface area contributed by atoms with Crippen LogP contribution in [0.4, 0.5) is 13.2 Å². The SMILES string of the molecule is C\C=C(C#N)/C(=C\C=C\CO)Oc1cnc(C(F)(F)F)nc1. The number of nitrogens with zero attached hydrogens (tertiary/aromatic N) is 3. The maximum absolute atomic E-state index is 12.4. The molecule has 116 valence electrons. The first-order chi connectivity index (χ1) is 10.4. The Balaban J connectivity index is 3.03. The van der Waals surface area contributed by atoms with Crippen LogP contribution in [-0.4, -0.2) is 21.7 Å². The van der Waals surface area contributed by atoms with Crippen LogP contribution >= 0.6 is 0 Å². The molecule has 22 heavy (non-hydrogen) atoms. The van der Waals surface area contributed by atoms with Gasteiger partial charge in [0.15, 0.2) is 5.75 Å². The summed E-state index contributed by atoms with van der Waals surface area (Å²) < 4.78 is 42.4. The number of ether oxygens (including phenoxy) is 1. The van der Waals surface area contributed by atoms with E-state index in [1.54, 1.807) is 6.92 Å². The molecule has 0 amide bonds. The van der Waals surface area contributed by atoms with Crippen molar-refractivity contribution in [1.82, 2.24) is 9.97 Å². The second-order valence-electron chi connectivity index (χ2n) is 3.80. The van der Waals surface area contributed by atoms with E-state index in [9.17, 15) is 13.2 Å². The number of alkyl halides is 3. The molecule has 1 aromatic heterocycles. The Kier molecular flexibility index (Phi) is 6.28. The average Bonchev–Trinajstić information content (AvgIpc) is 2.48. The van der Waals surface area contributed by atoms with E-state index in [1.807, 2.05) is 6.07 Å². The zero-order valence-electron chi connectivity index (χ0n) is 11.5. The number of nitriles is 1. The molecule has 0 spiro atoms. The van der Waals surface area contributed by atoms with E-state index in [2.05, 4.69) is 9.97 Å². The molecule has 0 bridgehead atoms. The van der Waals surface area contributed by atoms with E-state index in [-0.39, 0.29) is 23.7 Å². The smallest absolute Gasteiger partial charge is 0.451 e. The number of halogens is 3. The van der Waals surface area contributed by atoms with E-state index in [1.165, 1.54) is 24.3 Å². The number of aliphatic hydroxyl groups is 1. The summed E-state index contributed by atoms with van der Waals surface area (Å²) in [4.78, 5) is 6.32. The summed E-state index contributed by atoms with van der Waals surface area (Å²) in [7, 11) is 0. The van der Waals surface area contributed by atoms with Gasteiger partial charge in [0.05, 0.1) is 24.6 Å². The van der Waals surface area contributed by atoms with Gasteiger partial charge in [0.1, 0.15) is 11.8 Å². The second kappa shape index (κ2) is 7.95. The number of aliphatic hydroxyl groups excluding tert-OH is 1. The van der Waals surface area contributed by atoms with E-state index in [0.717, 1.165) is 12.4 Å². The van der Waals surface area contributed by atoms with Crippen molar-refractivity contribution < 1.29 is 23.0 Å². The number of aromatic nitrogens is 2. The highest BCUT2D eigenvalue weighted by molar-refractivity contribution is 5.41. The molecule has 1 N–H and O–H groups in total. The summed E-state index contributed by atoms with van der Waals surface area (Å²) in [6.45, 7) is 1.40. The van der Waals surface area contributed by atoms with E-state index >= 15 is 0 Å². The summed E-state index contributed by atoms with van der Waals surface area (Å²) in [5.74, 6) is -1.23. The van der Waals surface area contributed by atoms with Gasteiger partial charge in [-0.15, -0.1) is 0 Å². The lowest BCUT2D eigenvalue weighted by molar-refractivity contribution is -0.145. The number of allylic oxidation sites excluding steroid dienone is 4. The Morgan fingerprint density at radius 2 is 2.05 bits per heavy atom. The third kappa shape index (κ3) is 5.03. The molecule has 0 atom stereocenters. The minimum Gasteiger partial charge on any atom is -0.453 e. The fourth-order valence-electron chi connectivity index (χ4n) is 1.30. The highest BCUT2D eigenvalue weighted by Crippen LogP contribution is 2.26. The van der Waals surface area contributed by atoms with E-state index < -0.39 is 12.0 Å². The lowest BCUT2D eigenvalue weighted by Gasteiger charge is -2.09. The number of hydrogen-bond acceptors (Lipinski definition) is 5. The van der Waals surface area contributed by atoms with Gasteiger partial charge in [-0.25, -0.2) is 9.97 Å². The lowest BCUT2D eigenvalue weighted by atomic mass is 10.2. The first-order valence-corrected chi connectivity index (χ1v) is 6.04. The standard InChI is InChI=1S/C14H12F3N3O2/c1-2-10(7-18)12(5-3-4-6-21)22-11-8-19-13(20-9-11)14(15,16)17/h2-5,8-9,21H,6H2,1H3/b4-3+,10-2-,12-5+. The summed E-state index contributed by atoms with van der Waals surface area (Å²) >= 11 is 0. The van der Waals surface area contributed by atoms with Crippen LogP contribution in [0.25, 0.3) is 0 Å². The van der Waals surface area contributed by atoms with Crippen LogP contribution < -0.4 is 4.74 Å². The van der Waals surface area contributed by atoms with Gasteiger partial charge >= 0.3 is 6.18 Å². The van der Waals surface area contributed by atoms with Gasteiger partial charge in [0.2, 0.25) is 5.82 Å². The van der Waals surface area contributed by atoms with Crippen LogP contribution in [-0.2, 0) is 6.18 Å². The van der Waals surface area contributed by atoms with Gasteiger partial charge in [-0.2, -0.15) is 18.4 Å². The van der Waals surface area contributed by atoms with Crippen molar-refractivity contribution in [1.29, 1.82) is 5.26 Å². The Labute approximate surface area is 124 Å². The molecule has 0 saturated carbocycles. The van der Waals surface area contributed by atoms with Crippen molar-refractivity contribution in [2.24, 2.45) is 0 Å². The largest absolute Gasteiger partial charge is 0.453 e. The number of rotatable bonds is 5. The maximum Gasteiger partial charge on any atom is 0.451 e. The Morgan fingerprint density at radius 1 is 1.41 bits per heavy atom. The van der Waals surface area contributed by atoms with Gasteiger partial charge in [0, 0.05) is 0 Å². The summed E-state index contributed by atoms with van der Waals surface area (Å²) in [5.41, 5.74) is 0.169. The minimum absolute atomic E-state index is 0.0498. The van der Waals surface area contributed by atoms with Crippen molar-refractivity contribution in [3.05, 3.63) is 53.9 Å². The molecule has 0 fully saturated rings. The van der Waals surface area contributed by atoms with Crippen molar-refractivity contribution in [2.75, 3.05) is 6.61 Å². The summed E-state index contributed by atoms with van der Waals surface area (Å²) in [5, 5.41) is 17.7. The molecule has 5 nitrogen and oxygen atoms in total. The Bertz CT molecular complexity index is 626. The highest BCUT2D eigenvalue weighted by Gasteiger charge is 2.34. The first kappa shape index (κ1) is 17.4. The Morgan fingerprint density at radius 3 is 2.50 bits per heavy atom. The molecule has 1 rings (SSSR count). The molecular formula is C14H12F3N3O2. The third-order valence-corrected chi connectivity index (χ3v) is 2.27. The maximum atomic E-state index is 12.4. The zero-order valence-corrected chi connectivity index (χ0v) is 11.5. The van der Waals surface area contributed by atoms with Crippen LogP contribution in [0.2, 0.25) is 0 Å². The zero-order chi connectivity index (χ0) is 16.6. The van der Waals surface area contributed by atoms with Crippen LogP contribution in [0, 0.1) is 11.3 Å². The molecule has 0 unspecified atom stereocenters. The van der Waals surface area contributed by atoms with Gasteiger partial charge in [-0.1, -0.05) is 18.2 Å². The van der Waals surface area contributed by atoms with Crippen LogP contribution in [0.5, 0.6) is 5.75 Å². The first-order valence-electron chi connectivity index (χ1n) is 6.04. The molecule has 0 aliphatic carbocycles. The lowest BCUT2D eigenvalue weighted by Crippen LogP contribution is -2.10. The second-order valence-corrected chi connectivity index (χ2v) is 3.80. The molecule has 1 heterocycles. The minimum atomic E-state index is -4.64. The number of hydrogen-bond donors (Lipinski definition) is 1. The van der Waals surface area contributed by atoms with Gasteiger partial charge in [0.25, 0.3) is 0 Å². The third-order valence-electron chi connectivity index (χ3n) is 2.27. The fourth-order valence-corrected chi connectivity index (χ4v) is 1.30. The predicted molar refractivity (Wildman–Crippen MR) is 71.3 cm³/mol. The predicted octanol–water partition coefficient (Wildman–Crippen LogP) is 2.78. The molecule has 0 aliphatic rings. The van der Waals surface area contributed by atoms with Gasteiger partial charge < -0.3 is 9.84 Å². The molecule has 0 radical (unpaired) electrons. The van der Waals surface area contributed by atoms with Crippen molar-refractivity contribution in [3.63, 3.8) is 0 Å².